The highest BCUT2D eigenvalue weighted by molar-refractivity contribution is 8.14. The van der Waals surface area contributed by atoms with Crippen LogP contribution in [0.4, 0.5) is 29.3 Å². The van der Waals surface area contributed by atoms with Gasteiger partial charge in [-0.25, -0.2) is 4.79 Å². The molecular weight excluding hydrogens is 621 g/mol. The summed E-state index contributed by atoms with van der Waals surface area (Å²) < 4.78 is 41.4. The van der Waals surface area contributed by atoms with Crippen LogP contribution < -0.4 is 19.9 Å². The highest BCUT2D eigenvalue weighted by Crippen LogP contribution is 2.34. The highest BCUT2D eigenvalue weighted by Gasteiger charge is 2.31. The molecule has 0 spiro atoms. The predicted molar refractivity (Wildman–Crippen MR) is 187 cm³/mol. The molecule has 252 valence electrons. The number of ether oxygens (including phenoxy) is 1. The van der Waals surface area contributed by atoms with E-state index >= 15 is 0 Å². The fourth-order valence-electron chi connectivity index (χ4n) is 6.36. The minimum absolute atomic E-state index is 0.206. The van der Waals surface area contributed by atoms with Gasteiger partial charge in [-0.05, 0) is 97.0 Å². The second-order valence-corrected chi connectivity index (χ2v) is 14.1. The lowest BCUT2D eigenvalue weighted by Gasteiger charge is -2.32. The van der Waals surface area contributed by atoms with Crippen molar-refractivity contribution in [2.45, 2.75) is 71.6 Å². The number of anilines is 2. The molecule has 2 amide bonds. The van der Waals surface area contributed by atoms with Crippen LogP contribution in [0.3, 0.4) is 0 Å². The third kappa shape index (κ3) is 9.69. The van der Waals surface area contributed by atoms with Crippen molar-refractivity contribution in [2.24, 2.45) is 10.9 Å². The topological polar surface area (TPSA) is 57.2 Å². The van der Waals surface area contributed by atoms with Gasteiger partial charge >= 0.3 is 12.4 Å². The number of halogens is 3. The van der Waals surface area contributed by atoms with Crippen LogP contribution in [0.15, 0.2) is 71.7 Å². The number of nitrogens with one attached hydrogen (secondary N) is 1. The van der Waals surface area contributed by atoms with Gasteiger partial charge in [-0.3, -0.25) is 0 Å². The number of carbonyl (C=O) groups excluding carboxylic acids is 1. The van der Waals surface area contributed by atoms with Crippen molar-refractivity contribution in [3.63, 3.8) is 0 Å². The average Bonchev–Trinajstić information content (AvgIpc) is 3.51. The van der Waals surface area contributed by atoms with Crippen molar-refractivity contribution >= 4 is 34.3 Å². The smallest absolute Gasteiger partial charge is 0.406 e. The highest BCUT2D eigenvalue weighted by atomic mass is 32.2. The van der Waals surface area contributed by atoms with Gasteiger partial charge in [0, 0.05) is 49.2 Å². The summed E-state index contributed by atoms with van der Waals surface area (Å²) in [5.41, 5.74) is 7.04. The first-order valence-electron chi connectivity index (χ1n) is 16.5. The third-order valence-electron chi connectivity index (χ3n) is 8.86. The molecule has 2 aliphatic heterocycles. The van der Waals surface area contributed by atoms with E-state index < -0.39 is 6.36 Å². The first kappa shape index (κ1) is 34.7. The van der Waals surface area contributed by atoms with Crippen LogP contribution in [0, 0.1) is 12.8 Å². The van der Waals surface area contributed by atoms with Gasteiger partial charge in [0.1, 0.15) is 5.75 Å². The lowest BCUT2D eigenvalue weighted by Crippen LogP contribution is -2.36. The van der Waals surface area contributed by atoms with E-state index in [9.17, 15) is 18.0 Å². The minimum Gasteiger partial charge on any atom is -0.406 e. The number of carbonyl (C=O) groups is 1. The Morgan fingerprint density at radius 2 is 1.79 bits per heavy atom. The molecule has 2 atom stereocenters. The number of urea groups is 1. The van der Waals surface area contributed by atoms with Gasteiger partial charge in [0.05, 0.1) is 0 Å². The van der Waals surface area contributed by atoms with Crippen molar-refractivity contribution in [1.82, 2.24) is 5.32 Å². The molecule has 2 saturated heterocycles. The molecule has 3 aromatic carbocycles. The second kappa shape index (κ2) is 15.5. The maximum absolute atomic E-state index is 12.9. The van der Waals surface area contributed by atoms with E-state index in [1.165, 1.54) is 34.4 Å². The Labute approximate surface area is 280 Å². The molecule has 1 N–H and O–H groups in total. The zero-order chi connectivity index (χ0) is 33.6. The number of benzene rings is 3. The molecule has 0 radical (unpaired) electrons. The molecule has 47 heavy (non-hydrogen) atoms. The van der Waals surface area contributed by atoms with Gasteiger partial charge in [0.2, 0.25) is 0 Å². The molecule has 10 heteroatoms. The molecule has 2 fully saturated rings. The van der Waals surface area contributed by atoms with Gasteiger partial charge in [-0.2, -0.15) is 4.99 Å². The predicted octanol–water partition coefficient (Wildman–Crippen LogP) is 9.29. The van der Waals surface area contributed by atoms with Crippen LogP contribution in [-0.4, -0.2) is 49.5 Å². The summed E-state index contributed by atoms with van der Waals surface area (Å²) in [5.74, 6) is 1.88. The van der Waals surface area contributed by atoms with E-state index in [0.29, 0.717) is 24.3 Å². The number of amidine groups is 1. The Bertz CT molecular complexity index is 1530. The van der Waals surface area contributed by atoms with Crippen LogP contribution in [0.5, 0.6) is 5.75 Å². The van der Waals surface area contributed by atoms with Gasteiger partial charge in [0.25, 0.3) is 0 Å². The monoisotopic (exact) mass is 666 g/mol. The Kier molecular flexibility index (Phi) is 11.4. The van der Waals surface area contributed by atoms with Gasteiger partial charge < -0.3 is 19.9 Å². The minimum atomic E-state index is -4.69. The lowest BCUT2D eigenvalue weighted by atomic mass is 9.93. The number of alkyl halides is 3. The molecule has 6 nitrogen and oxygen atoms in total. The number of hydrogen-bond acceptors (Lipinski definition) is 4. The number of aliphatic imine (C=N–C) groups is 1. The molecule has 0 aromatic heterocycles. The summed E-state index contributed by atoms with van der Waals surface area (Å²) in [6.45, 7) is 11.8. The maximum atomic E-state index is 12.9. The normalized spacial score (nSPS) is 18.6. The van der Waals surface area contributed by atoms with Crippen LogP contribution in [-0.2, 0) is 6.42 Å². The summed E-state index contributed by atoms with van der Waals surface area (Å²) in [7, 11) is 0. The van der Waals surface area contributed by atoms with E-state index in [1.54, 1.807) is 23.9 Å². The van der Waals surface area contributed by atoms with E-state index in [0.717, 1.165) is 67.6 Å². The molecular formula is C37H45F3N4O2S. The van der Waals surface area contributed by atoms with Gasteiger partial charge in [-0.15, -0.1) is 13.2 Å². The van der Waals surface area contributed by atoms with E-state index in [4.69, 9.17) is 0 Å². The van der Waals surface area contributed by atoms with Crippen molar-refractivity contribution in [3.05, 3.63) is 89.0 Å². The van der Waals surface area contributed by atoms with Crippen molar-refractivity contribution in [3.8, 4) is 5.75 Å². The number of amides is 2. The SMILES string of the molecule is Cc1ccc(C(C)C)c(N2CCCS/C2=N\C(=O)NCCC(C)Cc2ccc(C3CCN(c4ccc(OC(F)(F)F)cc4)C3)cc2)c1. The fourth-order valence-corrected chi connectivity index (χ4v) is 7.31. The Balaban J connectivity index is 1.08. The fraction of sp³-hybridized carbons (Fsp3) is 0.459. The molecule has 0 saturated carbocycles. The summed E-state index contributed by atoms with van der Waals surface area (Å²) in [6, 6.07) is 21.1. The summed E-state index contributed by atoms with van der Waals surface area (Å²) in [5, 5.41) is 3.79. The largest absolute Gasteiger partial charge is 0.573 e. The van der Waals surface area contributed by atoms with Crippen LogP contribution in [0.25, 0.3) is 0 Å². The number of nitrogens with zero attached hydrogens (tertiary/aromatic N) is 3. The third-order valence-corrected chi connectivity index (χ3v) is 9.92. The van der Waals surface area contributed by atoms with Crippen molar-refractivity contribution < 1.29 is 22.7 Å². The van der Waals surface area contributed by atoms with Crippen molar-refractivity contribution in [2.75, 3.05) is 41.7 Å². The van der Waals surface area contributed by atoms with E-state index in [2.05, 4.69) is 95.0 Å². The summed E-state index contributed by atoms with van der Waals surface area (Å²) in [4.78, 5) is 21.8. The summed E-state index contributed by atoms with van der Waals surface area (Å²) in [6.07, 6.45) is -0.874. The molecule has 2 unspecified atom stereocenters. The van der Waals surface area contributed by atoms with Crippen LogP contribution >= 0.6 is 11.8 Å². The number of aryl methyl sites for hydroxylation is 1. The van der Waals surface area contributed by atoms with E-state index in [-0.39, 0.29) is 11.8 Å². The second-order valence-electron chi connectivity index (χ2n) is 13.0. The molecule has 0 bridgehead atoms. The first-order chi connectivity index (χ1) is 22.4. The Morgan fingerprint density at radius 3 is 2.49 bits per heavy atom. The number of rotatable bonds is 10. The maximum Gasteiger partial charge on any atom is 0.573 e. The zero-order valence-electron chi connectivity index (χ0n) is 27.6. The quantitative estimate of drug-likeness (QED) is 0.234. The van der Waals surface area contributed by atoms with Crippen LogP contribution in [0.2, 0.25) is 0 Å². The average molecular weight is 667 g/mol. The van der Waals surface area contributed by atoms with E-state index in [1.807, 2.05) is 0 Å². The number of hydrogen-bond donors (Lipinski definition) is 1. The Hall–Kier alpha value is -3.66. The number of thioether (sulfide) groups is 1. The standard InChI is InChI=1S/C37H45F3N4O2S/c1-25(2)33-15-6-26(3)23-34(33)44-19-5-21-47-36(44)42-35(45)41-18-16-27(4)22-28-7-9-29(10-8-28)30-17-20-43(24-30)31-11-13-32(14-12-31)46-37(38,39)40/h6-15,23,25,27,30H,5,16-22,24H2,1-4H3,(H,41,45)/b42-36-. The Morgan fingerprint density at radius 1 is 1.04 bits per heavy atom. The van der Waals surface area contributed by atoms with Crippen LogP contribution in [0.1, 0.15) is 74.1 Å². The molecule has 2 aliphatic rings. The molecule has 3 aromatic rings. The van der Waals surface area contributed by atoms with Gasteiger partial charge in [0.15, 0.2) is 5.17 Å². The molecule has 5 rings (SSSR count). The first-order valence-corrected chi connectivity index (χ1v) is 17.5. The molecule has 0 aliphatic carbocycles. The zero-order valence-corrected chi connectivity index (χ0v) is 28.5. The molecule has 2 heterocycles. The van der Waals surface area contributed by atoms with Crippen molar-refractivity contribution in [1.29, 1.82) is 0 Å². The summed E-state index contributed by atoms with van der Waals surface area (Å²) >= 11 is 1.65. The van der Waals surface area contributed by atoms with Gasteiger partial charge in [-0.1, -0.05) is 68.9 Å². The lowest BCUT2D eigenvalue weighted by molar-refractivity contribution is -0.274.